The average Bonchev–Trinajstić information content (AvgIpc) is 3.09. The fourth-order valence-corrected chi connectivity index (χ4v) is 3.40. The van der Waals surface area contributed by atoms with E-state index in [9.17, 15) is 9.18 Å². The van der Waals surface area contributed by atoms with Gasteiger partial charge < -0.3 is 14.2 Å². The zero-order valence-electron chi connectivity index (χ0n) is 16.7. The maximum atomic E-state index is 14.6. The van der Waals surface area contributed by atoms with Gasteiger partial charge in [-0.1, -0.05) is 5.21 Å². The SMILES string of the molecule is CC(=O)N1CCCC(Cn2cc(C=C(F)B3OC(C)(C)C(C)(C)O3)nn2)C1. The molecule has 1 atom stereocenters. The lowest BCUT2D eigenvalue weighted by atomic mass is 9.87. The molecule has 0 saturated carbocycles. The molecule has 0 bridgehead atoms. The lowest BCUT2D eigenvalue weighted by Gasteiger charge is -2.32. The van der Waals surface area contributed by atoms with Gasteiger partial charge in [-0.15, -0.1) is 5.10 Å². The van der Waals surface area contributed by atoms with E-state index in [0.29, 0.717) is 18.2 Å². The third-order valence-electron chi connectivity index (χ3n) is 5.73. The fraction of sp³-hybridized carbons (Fsp3) is 0.722. The molecule has 3 rings (SSSR count). The van der Waals surface area contributed by atoms with Crippen LogP contribution >= 0.6 is 0 Å². The topological polar surface area (TPSA) is 69.5 Å². The van der Waals surface area contributed by atoms with Gasteiger partial charge in [0.25, 0.3) is 0 Å². The van der Waals surface area contributed by atoms with Crippen molar-refractivity contribution in [3.05, 3.63) is 17.6 Å². The molecule has 9 heteroatoms. The van der Waals surface area contributed by atoms with Gasteiger partial charge in [0.2, 0.25) is 5.91 Å². The van der Waals surface area contributed by atoms with E-state index < -0.39 is 24.0 Å². The highest BCUT2D eigenvalue weighted by Crippen LogP contribution is 2.39. The van der Waals surface area contributed by atoms with E-state index in [2.05, 4.69) is 10.3 Å². The first-order chi connectivity index (χ1) is 12.6. The highest BCUT2D eigenvalue weighted by Gasteiger charge is 2.53. The summed E-state index contributed by atoms with van der Waals surface area (Å²) in [6.07, 6.45) is 5.03. The maximum Gasteiger partial charge on any atom is 0.525 e. The highest BCUT2D eigenvalue weighted by atomic mass is 19.1. The van der Waals surface area contributed by atoms with Gasteiger partial charge in [0.15, 0.2) is 0 Å². The Hall–Kier alpha value is -1.74. The lowest BCUT2D eigenvalue weighted by Crippen LogP contribution is -2.41. The van der Waals surface area contributed by atoms with E-state index in [1.165, 1.54) is 6.08 Å². The van der Waals surface area contributed by atoms with Crippen molar-refractivity contribution < 1.29 is 18.5 Å². The summed E-state index contributed by atoms with van der Waals surface area (Å²) >= 11 is 0. The summed E-state index contributed by atoms with van der Waals surface area (Å²) in [5.41, 5.74) is -1.30. The van der Waals surface area contributed by atoms with Crippen LogP contribution in [0.5, 0.6) is 0 Å². The Bertz CT molecular complexity index is 718. The number of halogens is 1. The van der Waals surface area contributed by atoms with Crippen molar-refractivity contribution in [3.63, 3.8) is 0 Å². The standard InChI is InChI=1S/C18H28BFN4O3/c1-13(25)23-8-6-7-14(10-23)11-24-12-15(21-22-24)9-16(20)19-26-17(2,3)18(4,5)27-19/h9,12,14H,6-8,10-11H2,1-5H3. The fourth-order valence-electron chi connectivity index (χ4n) is 3.40. The first-order valence-corrected chi connectivity index (χ1v) is 9.46. The summed E-state index contributed by atoms with van der Waals surface area (Å²) in [7, 11) is -1.04. The van der Waals surface area contributed by atoms with E-state index in [-0.39, 0.29) is 5.91 Å². The molecule has 2 aliphatic rings. The number of piperidine rings is 1. The van der Waals surface area contributed by atoms with E-state index in [0.717, 1.165) is 25.9 Å². The summed E-state index contributed by atoms with van der Waals surface area (Å²) in [6.45, 7) is 11.3. The van der Waals surface area contributed by atoms with E-state index in [1.807, 2.05) is 32.6 Å². The molecule has 0 aliphatic carbocycles. The number of carbonyl (C=O) groups excluding carboxylic acids is 1. The summed E-state index contributed by atoms with van der Waals surface area (Å²) in [6, 6.07) is 0. The van der Waals surface area contributed by atoms with Gasteiger partial charge in [0.05, 0.1) is 17.4 Å². The molecular formula is C18H28BFN4O3. The number of aromatic nitrogens is 3. The lowest BCUT2D eigenvalue weighted by molar-refractivity contribution is -0.130. The van der Waals surface area contributed by atoms with Crippen molar-refractivity contribution >= 4 is 19.1 Å². The Morgan fingerprint density at radius 2 is 2.04 bits per heavy atom. The first kappa shape index (κ1) is 20.0. The van der Waals surface area contributed by atoms with Gasteiger partial charge in [-0.2, -0.15) is 0 Å². The van der Waals surface area contributed by atoms with E-state index in [4.69, 9.17) is 9.31 Å². The molecule has 1 amide bonds. The second kappa shape index (κ2) is 7.35. The van der Waals surface area contributed by atoms with Crippen LogP contribution in [0.25, 0.3) is 6.08 Å². The molecule has 0 N–H and O–H groups in total. The second-order valence-electron chi connectivity index (χ2n) is 8.46. The molecule has 2 aliphatic heterocycles. The van der Waals surface area contributed by atoms with Crippen LogP contribution in [0.2, 0.25) is 0 Å². The third kappa shape index (κ3) is 4.40. The molecule has 2 saturated heterocycles. The number of hydrogen-bond acceptors (Lipinski definition) is 5. The Morgan fingerprint density at radius 3 is 2.67 bits per heavy atom. The summed E-state index contributed by atoms with van der Waals surface area (Å²) in [5, 5.41) is 8.11. The molecule has 2 fully saturated rings. The summed E-state index contributed by atoms with van der Waals surface area (Å²) in [4.78, 5) is 13.4. The van der Waals surface area contributed by atoms with Gasteiger partial charge in [-0.25, -0.2) is 4.39 Å². The molecule has 1 unspecified atom stereocenters. The smallest absolute Gasteiger partial charge is 0.398 e. The summed E-state index contributed by atoms with van der Waals surface area (Å²) < 4.78 is 27.7. The van der Waals surface area contributed by atoms with Crippen LogP contribution in [-0.4, -0.2) is 57.2 Å². The largest absolute Gasteiger partial charge is 0.525 e. The Kier molecular flexibility index (Phi) is 5.45. The predicted octanol–water partition coefficient (Wildman–Crippen LogP) is 2.48. The van der Waals surface area contributed by atoms with Crippen LogP contribution in [0.3, 0.4) is 0 Å². The molecule has 1 aromatic rings. The van der Waals surface area contributed by atoms with Crippen LogP contribution < -0.4 is 0 Å². The van der Waals surface area contributed by atoms with Crippen LogP contribution in [0.15, 0.2) is 11.9 Å². The minimum Gasteiger partial charge on any atom is -0.398 e. The van der Waals surface area contributed by atoms with Crippen LogP contribution in [0.1, 0.15) is 53.2 Å². The van der Waals surface area contributed by atoms with Crippen molar-refractivity contribution in [1.29, 1.82) is 0 Å². The zero-order valence-corrected chi connectivity index (χ0v) is 16.7. The van der Waals surface area contributed by atoms with E-state index >= 15 is 0 Å². The van der Waals surface area contributed by atoms with Crippen molar-refractivity contribution in [3.8, 4) is 0 Å². The van der Waals surface area contributed by atoms with Crippen LogP contribution in [0, 0.1) is 5.92 Å². The molecule has 27 heavy (non-hydrogen) atoms. The van der Waals surface area contributed by atoms with Gasteiger partial charge >= 0.3 is 7.12 Å². The number of rotatable bonds is 4. The maximum absolute atomic E-state index is 14.6. The predicted molar refractivity (Wildman–Crippen MR) is 100 cm³/mol. The Balaban J connectivity index is 1.62. The number of nitrogens with zero attached hydrogens (tertiary/aromatic N) is 4. The number of amides is 1. The molecule has 0 spiro atoms. The monoisotopic (exact) mass is 378 g/mol. The minimum atomic E-state index is -1.04. The van der Waals surface area contributed by atoms with Crippen molar-refractivity contribution in [2.45, 2.75) is 65.2 Å². The van der Waals surface area contributed by atoms with E-state index in [1.54, 1.807) is 17.8 Å². The molecule has 1 aromatic heterocycles. The average molecular weight is 378 g/mol. The van der Waals surface area contributed by atoms with Crippen LogP contribution in [0.4, 0.5) is 4.39 Å². The molecule has 3 heterocycles. The minimum absolute atomic E-state index is 0.103. The van der Waals surface area contributed by atoms with Crippen molar-refractivity contribution in [2.24, 2.45) is 5.92 Å². The first-order valence-electron chi connectivity index (χ1n) is 9.46. The summed E-state index contributed by atoms with van der Waals surface area (Å²) in [5.74, 6) is 0.431. The Morgan fingerprint density at radius 1 is 1.37 bits per heavy atom. The van der Waals surface area contributed by atoms with Gasteiger partial charge in [-0.05, 0) is 52.5 Å². The third-order valence-corrected chi connectivity index (χ3v) is 5.73. The van der Waals surface area contributed by atoms with Crippen molar-refractivity contribution in [2.75, 3.05) is 13.1 Å². The molecule has 0 aromatic carbocycles. The highest BCUT2D eigenvalue weighted by molar-refractivity contribution is 6.54. The molecular weight excluding hydrogens is 350 g/mol. The quantitative estimate of drug-likeness (QED) is 0.753. The van der Waals surface area contributed by atoms with Crippen LogP contribution in [-0.2, 0) is 20.6 Å². The van der Waals surface area contributed by atoms with Crippen molar-refractivity contribution in [1.82, 2.24) is 19.9 Å². The zero-order chi connectivity index (χ0) is 19.8. The molecule has 148 valence electrons. The Labute approximate surface area is 160 Å². The van der Waals surface area contributed by atoms with Gasteiger partial charge in [0.1, 0.15) is 11.4 Å². The number of likely N-dealkylation sites (tertiary alicyclic amines) is 1. The molecule has 7 nitrogen and oxygen atoms in total. The second-order valence-corrected chi connectivity index (χ2v) is 8.46. The molecule has 0 radical (unpaired) electrons. The normalized spacial score (nSPS) is 25.1. The van der Waals surface area contributed by atoms with Gasteiger partial charge in [0, 0.05) is 26.6 Å². The number of carbonyl (C=O) groups is 1. The van der Waals surface area contributed by atoms with Gasteiger partial charge in [-0.3, -0.25) is 9.48 Å². The number of hydrogen-bond donors (Lipinski definition) is 0.